The molecule has 0 aliphatic rings. The van der Waals surface area contributed by atoms with Crippen LogP contribution in [0, 0.1) is 11.3 Å². The summed E-state index contributed by atoms with van der Waals surface area (Å²) in [6, 6.07) is 17.8. The number of halogens is 1. The lowest BCUT2D eigenvalue weighted by molar-refractivity contribution is 0.867. The second-order valence-corrected chi connectivity index (χ2v) is 5.31. The van der Waals surface area contributed by atoms with Gasteiger partial charge in [-0.2, -0.15) is 5.26 Å². The minimum atomic E-state index is 0.578. The van der Waals surface area contributed by atoms with Crippen molar-refractivity contribution in [2.45, 2.75) is 6.54 Å². The fourth-order valence-electron chi connectivity index (χ4n) is 2.56. The van der Waals surface area contributed by atoms with Crippen molar-refractivity contribution < 1.29 is 0 Å². The van der Waals surface area contributed by atoms with Gasteiger partial charge in [-0.1, -0.05) is 35.9 Å². The number of benzene rings is 2. The summed E-state index contributed by atoms with van der Waals surface area (Å²) in [5.41, 5.74) is 3.70. The van der Waals surface area contributed by atoms with Crippen LogP contribution < -0.4 is 5.32 Å². The van der Waals surface area contributed by atoms with Crippen molar-refractivity contribution in [1.82, 2.24) is 4.57 Å². The van der Waals surface area contributed by atoms with Gasteiger partial charge in [0, 0.05) is 28.7 Å². The lowest BCUT2D eigenvalue weighted by Crippen LogP contribution is -2.06. The average molecular weight is 296 g/mol. The van der Waals surface area contributed by atoms with E-state index < -0.39 is 0 Å². The third kappa shape index (κ3) is 2.46. The van der Waals surface area contributed by atoms with Crippen molar-refractivity contribution in [2.75, 3.05) is 5.32 Å². The number of hydrogen-bond donors (Lipinski definition) is 1. The standard InChI is InChI=1S/C17H14ClN3/c1-21-16-8-3-2-7-14(16)15(10-19)17(21)11-20-13-6-4-5-12(18)9-13/h2-9,20H,11H2,1H3. The van der Waals surface area contributed by atoms with Crippen molar-refractivity contribution in [3.63, 3.8) is 0 Å². The lowest BCUT2D eigenvalue weighted by atomic mass is 10.1. The summed E-state index contributed by atoms with van der Waals surface area (Å²) in [6.45, 7) is 0.578. The Morgan fingerprint density at radius 3 is 2.76 bits per heavy atom. The van der Waals surface area contributed by atoms with E-state index in [0.717, 1.165) is 27.8 Å². The molecular weight excluding hydrogens is 282 g/mol. The molecule has 3 nitrogen and oxygen atoms in total. The van der Waals surface area contributed by atoms with E-state index >= 15 is 0 Å². The molecule has 0 radical (unpaired) electrons. The molecule has 0 bridgehead atoms. The van der Waals surface area contributed by atoms with Crippen LogP contribution in [0.4, 0.5) is 5.69 Å². The van der Waals surface area contributed by atoms with Crippen molar-refractivity contribution in [3.05, 3.63) is 64.8 Å². The number of hydrogen-bond acceptors (Lipinski definition) is 2. The lowest BCUT2D eigenvalue weighted by Gasteiger charge is -2.09. The molecule has 3 aromatic rings. The Kier molecular flexibility index (Phi) is 3.55. The Balaban J connectivity index is 1.97. The predicted molar refractivity (Wildman–Crippen MR) is 86.4 cm³/mol. The number of nitriles is 1. The highest BCUT2D eigenvalue weighted by Crippen LogP contribution is 2.25. The van der Waals surface area contributed by atoms with Crippen LogP contribution in [0.1, 0.15) is 11.3 Å². The first kappa shape index (κ1) is 13.5. The molecule has 1 heterocycles. The van der Waals surface area contributed by atoms with Crippen LogP contribution in [-0.2, 0) is 13.6 Å². The van der Waals surface area contributed by atoms with E-state index in [1.54, 1.807) is 0 Å². The number of rotatable bonds is 3. The molecule has 21 heavy (non-hydrogen) atoms. The van der Waals surface area contributed by atoms with Gasteiger partial charge in [0.15, 0.2) is 0 Å². The Bertz CT molecular complexity index is 843. The van der Waals surface area contributed by atoms with Gasteiger partial charge in [0.2, 0.25) is 0 Å². The molecule has 0 saturated carbocycles. The van der Waals surface area contributed by atoms with E-state index in [9.17, 15) is 5.26 Å². The summed E-state index contributed by atoms with van der Waals surface area (Å²) in [6.07, 6.45) is 0. The molecular formula is C17H14ClN3. The molecule has 2 aromatic carbocycles. The monoisotopic (exact) mass is 295 g/mol. The summed E-state index contributed by atoms with van der Waals surface area (Å²) in [4.78, 5) is 0. The number of aryl methyl sites for hydroxylation is 1. The fraction of sp³-hybridized carbons (Fsp3) is 0.118. The summed E-state index contributed by atoms with van der Waals surface area (Å²) in [7, 11) is 1.98. The van der Waals surface area contributed by atoms with Gasteiger partial charge in [0.1, 0.15) is 6.07 Å². The summed E-state index contributed by atoms with van der Waals surface area (Å²) in [5.74, 6) is 0. The van der Waals surface area contributed by atoms with Crippen LogP contribution in [0.3, 0.4) is 0 Å². The zero-order valence-corrected chi connectivity index (χ0v) is 12.4. The summed E-state index contributed by atoms with van der Waals surface area (Å²) < 4.78 is 2.06. The molecule has 0 spiro atoms. The molecule has 0 aliphatic heterocycles. The van der Waals surface area contributed by atoms with Crippen LogP contribution in [0.2, 0.25) is 5.02 Å². The van der Waals surface area contributed by atoms with Gasteiger partial charge in [-0.3, -0.25) is 0 Å². The maximum atomic E-state index is 9.46. The largest absolute Gasteiger partial charge is 0.379 e. The zero-order chi connectivity index (χ0) is 14.8. The van der Waals surface area contributed by atoms with Crippen molar-refractivity contribution in [1.29, 1.82) is 5.26 Å². The Hall–Kier alpha value is -2.44. The number of anilines is 1. The molecule has 3 rings (SSSR count). The predicted octanol–water partition coefficient (Wildman–Crippen LogP) is 4.32. The van der Waals surface area contributed by atoms with Crippen LogP contribution in [0.25, 0.3) is 10.9 Å². The maximum Gasteiger partial charge on any atom is 0.102 e. The third-order valence-electron chi connectivity index (χ3n) is 3.62. The number of nitrogens with one attached hydrogen (secondary N) is 1. The quantitative estimate of drug-likeness (QED) is 0.782. The maximum absolute atomic E-state index is 9.46. The number of fused-ring (bicyclic) bond motifs is 1. The second kappa shape index (κ2) is 5.51. The van der Waals surface area contributed by atoms with E-state index in [1.807, 2.05) is 55.6 Å². The summed E-state index contributed by atoms with van der Waals surface area (Å²) >= 11 is 5.98. The molecule has 4 heteroatoms. The minimum Gasteiger partial charge on any atom is -0.379 e. The van der Waals surface area contributed by atoms with Gasteiger partial charge in [0.05, 0.1) is 17.8 Å². The number of aromatic nitrogens is 1. The second-order valence-electron chi connectivity index (χ2n) is 4.87. The summed E-state index contributed by atoms with van der Waals surface area (Å²) in [5, 5.41) is 14.5. The first-order valence-corrected chi connectivity index (χ1v) is 7.04. The van der Waals surface area contributed by atoms with Crippen molar-refractivity contribution >= 4 is 28.2 Å². The van der Waals surface area contributed by atoms with Crippen LogP contribution in [0.5, 0.6) is 0 Å². The molecule has 104 valence electrons. The van der Waals surface area contributed by atoms with E-state index in [-0.39, 0.29) is 0 Å². The first-order chi connectivity index (χ1) is 10.2. The highest BCUT2D eigenvalue weighted by Gasteiger charge is 2.13. The molecule has 0 amide bonds. The van der Waals surface area contributed by atoms with Gasteiger partial charge >= 0.3 is 0 Å². The average Bonchev–Trinajstić information content (AvgIpc) is 2.78. The molecule has 0 atom stereocenters. The van der Waals surface area contributed by atoms with Crippen LogP contribution in [0.15, 0.2) is 48.5 Å². The van der Waals surface area contributed by atoms with Crippen LogP contribution in [-0.4, -0.2) is 4.57 Å². The van der Waals surface area contributed by atoms with Crippen molar-refractivity contribution in [2.24, 2.45) is 7.05 Å². The van der Waals surface area contributed by atoms with E-state index in [4.69, 9.17) is 11.6 Å². The molecule has 1 aromatic heterocycles. The highest BCUT2D eigenvalue weighted by molar-refractivity contribution is 6.30. The molecule has 0 unspecified atom stereocenters. The van der Waals surface area contributed by atoms with Crippen LogP contribution >= 0.6 is 11.6 Å². The van der Waals surface area contributed by atoms with E-state index in [2.05, 4.69) is 16.0 Å². The van der Waals surface area contributed by atoms with Gasteiger partial charge in [-0.15, -0.1) is 0 Å². The molecule has 0 aliphatic carbocycles. The Morgan fingerprint density at radius 2 is 2.00 bits per heavy atom. The number of para-hydroxylation sites is 1. The highest BCUT2D eigenvalue weighted by atomic mass is 35.5. The van der Waals surface area contributed by atoms with E-state index in [0.29, 0.717) is 11.6 Å². The smallest absolute Gasteiger partial charge is 0.102 e. The Morgan fingerprint density at radius 1 is 1.19 bits per heavy atom. The topological polar surface area (TPSA) is 40.8 Å². The Labute approximate surface area is 128 Å². The van der Waals surface area contributed by atoms with Gasteiger partial charge in [-0.05, 0) is 24.3 Å². The van der Waals surface area contributed by atoms with Gasteiger partial charge < -0.3 is 9.88 Å². The van der Waals surface area contributed by atoms with Gasteiger partial charge in [-0.25, -0.2) is 0 Å². The molecule has 1 N–H and O–H groups in total. The zero-order valence-electron chi connectivity index (χ0n) is 11.6. The first-order valence-electron chi connectivity index (χ1n) is 6.66. The SMILES string of the molecule is Cn1c(CNc2cccc(Cl)c2)c(C#N)c2ccccc21. The normalized spacial score (nSPS) is 10.5. The minimum absolute atomic E-state index is 0.578. The fourth-order valence-corrected chi connectivity index (χ4v) is 2.75. The van der Waals surface area contributed by atoms with E-state index in [1.165, 1.54) is 0 Å². The van der Waals surface area contributed by atoms with Gasteiger partial charge in [0.25, 0.3) is 0 Å². The molecule has 0 fully saturated rings. The third-order valence-corrected chi connectivity index (χ3v) is 3.86. The number of nitrogens with zero attached hydrogens (tertiary/aromatic N) is 2. The molecule has 0 saturated heterocycles. The van der Waals surface area contributed by atoms with Crippen molar-refractivity contribution in [3.8, 4) is 6.07 Å².